The number of carboxylic acids is 1. The number of amides is 1. The number of hydrogen-bond acceptors (Lipinski definition) is 3. The average molecular weight is 277 g/mol. The van der Waals surface area contributed by atoms with E-state index in [1.165, 1.54) is 5.56 Å². The summed E-state index contributed by atoms with van der Waals surface area (Å²) >= 11 is 0. The van der Waals surface area contributed by atoms with Gasteiger partial charge in [-0.05, 0) is 30.4 Å². The topological polar surface area (TPSA) is 75.6 Å². The third-order valence-corrected chi connectivity index (χ3v) is 3.46. The van der Waals surface area contributed by atoms with Gasteiger partial charge in [0.2, 0.25) is 5.91 Å². The summed E-state index contributed by atoms with van der Waals surface area (Å²) in [4.78, 5) is 22.4. The van der Waals surface area contributed by atoms with Gasteiger partial charge in [-0.25, -0.2) is 4.79 Å². The van der Waals surface area contributed by atoms with Crippen molar-refractivity contribution in [2.75, 3.05) is 19.8 Å². The van der Waals surface area contributed by atoms with Gasteiger partial charge in [0.15, 0.2) is 0 Å². The number of ether oxygens (including phenoxy) is 1. The van der Waals surface area contributed by atoms with E-state index in [-0.39, 0.29) is 25.0 Å². The normalized spacial score (nSPS) is 17.3. The summed E-state index contributed by atoms with van der Waals surface area (Å²) in [5.74, 6) is -1.10. The lowest BCUT2D eigenvalue weighted by Crippen LogP contribution is -2.33. The number of carbonyl (C=O) groups is 2. The molecule has 1 aliphatic carbocycles. The number of rotatable bonds is 6. The number of benzene rings is 1. The molecule has 0 aromatic heterocycles. The summed E-state index contributed by atoms with van der Waals surface area (Å²) in [6, 6.07) is 8.05. The smallest absolute Gasteiger partial charge is 0.329 e. The Kier molecular flexibility index (Phi) is 5.12. The summed E-state index contributed by atoms with van der Waals surface area (Å²) in [7, 11) is 0. The van der Waals surface area contributed by atoms with Gasteiger partial charge >= 0.3 is 5.97 Å². The van der Waals surface area contributed by atoms with Crippen molar-refractivity contribution in [2.45, 2.75) is 25.2 Å². The van der Waals surface area contributed by atoms with Crippen molar-refractivity contribution < 1.29 is 19.4 Å². The maximum atomic E-state index is 12.2. The molecule has 0 fully saturated rings. The summed E-state index contributed by atoms with van der Waals surface area (Å²) in [5, 5.41) is 11.2. The summed E-state index contributed by atoms with van der Waals surface area (Å²) in [6.07, 6.45) is 2.91. The second-order valence-corrected chi connectivity index (χ2v) is 4.88. The fraction of sp³-hybridized carbons (Fsp3) is 0.467. The average Bonchev–Trinajstić information content (AvgIpc) is 2.45. The molecule has 20 heavy (non-hydrogen) atoms. The van der Waals surface area contributed by atoms with Gasteiger partial charge in [0.25, 0.3) is 0 Å². The molecule has 0 bridgehead atoms. The molecular formula is C15H19NO4. The monoisotopic (exact) mass is 277 g/mol. The molecule has 0 saturated carbocycles. The standard InChI is InChI=1S/C15H19NO4/c17-14(18)10-20-9-8-16-15(19)13-7-3-5-11-4-1-2-6-12(11)13/h1-2,4,6,13H,3,5,7-10H2,(H,16,19)(H,17,18). The van der Waals surface area contributed by atoms with Crippen molar-refractivity contribution in [3.05, 3.63) is 35.4 Å². The largest absolute Gasteiger partial charge is 0.480 e. The Morgan fingerprint density at radius 2 is 2.15 bits per heavy atom. The van der Waals surface area contributed by atoms with Crippen molar-refractivity contribution >= 4 is 11.9 Å². The molecular weight excluding hydrogens is 258 g/mol. The van der Waals surface area contributed by atoms with Crippen molar-refractivity contribution in [1.82, 2.24) is 5.32 Å². The van der Waals surface area contributed by atoms with Crippen LogP contribution in [0.4, 0.5) is 0 Å². The van der Waals surface area contributed by atoms with Crippen molar-refractivity contribution in [1.29, 1.82) is 0 Å². The lowest BCUT2D eigenvalue weighted by atomic mass is 9.82. The molecule has 1 aliphatic rings. The summed E-state index contributed by atoms with van der Waals surface area (Å²) in [6.45, 7) is 0.222. The van der Waals surface area contributed by atoms with Gasteiger partial charge < -0.3 is 15.2 Å². The number of carboxylic acid groups (broad SMARTS) is 1. The lowest BCUT2D eigenvalue weighted by Gasteiger charge is -2.24. The highest BCUT2D eigenvalue weighted by atomic mass is 16.5. The second-order valence-electron chi connectivity index (χ2n) is 4.88. The first-order chi connectivity index (χ1) is 9.68. The van der Waals surface area contributed by atoms with Crippen LogP contribution in [0.2, 0.25) is 0 Å². The van der Waals surface area contributed by atoms with Crippen molar-refractivity contribution in [2.24, 2.45) is 0 Å². The Morgan fingerprint density at radius 1 is 1.35 bits per heavy atom. The maximum Gasteiger partial charge on any atom is 0.329 e. The zero-order chi connectivity index (χ0) is 14.4. The number of aliphatic carboxylic acids is 1. The van der Waals surface area contributed by atoms with Crippen LogP contribution >= 0.6 is 0 Å². The van der Waals surface area contributed by atoms with Gasteiger partial charge in [-0.2, -0.15) is 0 Å². The van der Waals surface area contributed by atoms with Crippen LogP contribution < -0.4 is 5.32 Å². The van der Waals surface area contributed by atoms with Crippen LogP contribution in [0.3, 0.4) is 0 Å². The molecule has 2 rings (SSSR count). The Labute approximate surface area is 117 Å². The van der Waals surface area contributed by atoms with Crippen molar-refractivity contribution in [3.63, 3.8) is 0 Å². The molecule has 1 amide bonds. The predicted molar refractivity (Wildman–Crippen MR) is 73.6 cm³/mol. The van der Waals surface area contributed by atoms with E-state index in [2.05, 4.69) is 11.4 Å². The van der Waals surface area contributed by atoms with Crippen LogP contribution in [0, 0.1) is 0 Å². The van der Waals surface area contributed by atoms with Crippen LogP contribution in [0.25, 0.3) is 0 Å². The lowest BCUT2D eigenvalue weighted by molar-refractivity contribution is -0.142. The summed E-state index contributed by atoms with van der Waals surface area (Å²) in [5.41, 5.74) is 2.36. The third kappa shape index (κ3) is 3.81. The van der Waals surface area contributed by atoms with Gasteiger partial charge in [-0.15, -0.1) is 0 Å². The molecule has 0 radical (unpaired) electrons. The molecule has 2 N–H and O–H groups in total. The number of nitrogens with one attached hydrogen (secondary N) is 1. The van der Waals surface area contributed by atoms with Gasteiger partial charge in [0.05, 0.1) is 12.5 Å². The number of hydrogen-bond donors (Lipinski definition) is 2. The fourth-order valence-electron chi connectivity index (χ4n) is 2.56. The van der Waals surface area contributed by atoms with Crippen LogP contribution in [0.5, 0.6) is 0 Å². The zero-order valence-corrected chi connectivity index (χ0v) is 11.3. The number of fused-ring (bicyclic) bond motifs is 1. The molecule has 1 unspecified atom stereocenters. The van der Waals surface area contributed by atoms with Crippen LogP contribution in [-0.4, -0.2) is 36.7 Å². The molecule has 0 saturated heterocycles. The van der Waals surface area contributed by atoms with Gasteiger partial charge in [0, 0.05) is 6.54 Å². The van der Waals surface area contributed by atoms with Crippen LogP contribution in [0.15, 0.2) is 24.3 Å². The highest BCUT2D eigenvalue weighted by Gasteiger charge is 2.25. The molecule has 5 nitrogen and oxygen atoms in total. The highest BCUT2D eigenvalue weighted by Crippen LogP contribution is 2.31. The molecule has 0 spiro atoms. The first-order valence-electron chi connectivity index (χ1n) is 6.83. The molecule has 0 aliphatic heterocycles. The van der Waals surface area contributed by atoms with E-state index in [1.807, 2.05) is 18.2 Å². The highest BCUT2D eigenvalue weighted by molar-refractivity contribution is 5.84. The number of carbonyl (C=O) groups excluding carboxylic acids is 1. The number of aryl methyl sites for hydroxylation is 1. The van der Waals surface area contributed by atoms with Crippen LogP contribution in [-0.2, 0) is 20.7 Å². The maximum absolute atomic E-state index is 12.2. The van der Waals surface area contributed by atoms with E-state index in [4.69, 9.17) is 9.84 Å². The van der Waals surface area contributed by atoms with E-state index in [9.17, 15) is 9.59 Å². The van der Waals surface area contributed by atoms with Gasteiger partial charge in [-0.1, -0.05) is 24.3 Å². The molecule has 1 aromatic carbocycles. The Bertz CT molecular complexity index is 487. The Balaban J connectivity index is 1.83. The predicted octanol–water partition coefficient (Wildman–Crippen LogP) is 1.32. The first kappa shape index (κ1) is 14.5. The van der Waals surface area contributed by atoms with E-state index < -0.39 is 5.97 Å². The minimum Gasteiger partial charge on any atom is -0.480 e. The van der Waals surface area contributed by atoms with Gasteiger partial charge in [-0.3, -0.25) is 4.79 Å². The third-order valence-electron chi connectivity index (χ3n) is 3.46. The van der Waals surface area contributed by atoms with E-state index in [0.29, 0.717) is 6.54 Å². The first-order valence-corrected chi connectivity index (χ1v) is 6.83. The summed E-state index contributed by atoms with van der Waals surface area (Å²) < 4.78 is 4.89. The fourth-order valence-corrected chi connectivity index (χ4v) is 2.56. The van der Waals surface area contributed by atoms with E-state index in [1.54, 1.807) is 0 Å². The van der Waals surface area contributed by atoms with Crippen molar-refractivity contribution in [3.8, 4) is 0 Å². The molecule has 1 aromatic rings. The minimum absolute atomic E-state index is 0.00363. The van der Waals surface area contributed by atoms with Crippen LogP contribution in [0.1, 0.15) is 29.9 Å². The quantitative estimate of drug-likeness (QED) is 0.769. The van der Waals surface area contributed by atoms with E-state index in [0.717, 1.165) is 24.8 Å². The SMILES string of the molecule is O=C(O)COCCNC(=O)C1CCCc2ccccc21. The minimum atomic E-state index is -1.00. The van der Waals surface area contributed by atoms with Gasteiger partial charge in [0.1, 0.15) is 6.61 Å². The molecule has 5 heteroatoms. The zero-order valence-electron chi connectivity index (χ0n) is 11.3. The molecule has 1 atom stereocenters. The van der Waals surface area contributed by atoms with E-state index >= 15 is 0 Å². The molecule has 108 valence electrons. The Hall–Kier alpha value is -1.88. The Morgan fingerprint density at radius 3 is 2.95 bits per heavy atom. The molecule has 0 heterocycles. The second kappa shape index (κ2) is 7.05.